The number of aromatic nitrogens is 1. The second-order valence-electron chi connectivity index (χ2n) is 4.89. The molecular weight excluding hydrogens is 368 g/mol. The van der Waals surface area contributed by atoms with Crippen LogP contribution in [0.2, 0.25) is 5.02 Å². The molecule has 2 rings (SSSR count). The van der Waals surface area contributed by atoms with E-state index < -0.39 is 0 Å². The Morgan fingerprint density at radius 3 is 2.92 bits per heavy atom. The molecule has 0 saturated carbocycles. The molecule has 1 aromatic carbocycles. The molecular formula is C16H17ClN2O3S2. The molecule has 1 heterocycles. The van der Waals surface area contributed by atoms with Crippen LogP contribution in [0.25, 0.3) is 0 Å². The molecule has 1 amide bonds. The minimum atomic E-state index is -0.298. The Bertz CT molecular complexity index is 734. The Morgan fingerprint density at radius 2 is 2.21 bits per heavy atom. The first-order chi connectivity index (χ1) is 11.5. The van der Waals surface area contributed by atoms with Crippen molar-refractivity contribution in [2.45, 2.75) is 24.6 Å². The molecule has 0 spiro atoms. The van der Waals surface area contributed by atoms with Crippen molar-refractivity contribution < 1.29 is 14.3 Å². The molecule has 1 aromatic heterocycles. The van der Waals surface area contributed by atoms with Crippen molar-refractivity contribution in [3.8, 4) is 0 Å². The lowest BCUT2D eigenvalue weighted by atomic mass is 10.2. The zero-order valence-corrected chi connectivity index (χ0v) is 15.7. The number of carbonyl (C=O) groups excluding carboxylic acids is 2. The number of thioether (sulfide) groups is 1. The fourth-order valence-corrected chi connectivity index (χ4v) is 3.62. The van der Waals surface area contributed by atoms with Crippen LogP contribution in [0.3, 0.4) is 0 Å². The molecule has 0 unspecified atom stereocenters. The number of benzene rings is 1. The van der Waals surface area contributed by atoms with E-state index in [1.54, 1.807) is 18.4 Å². The highest BCUT2D eigenvalue weighted by molar-refractivity contribution is 8.01. The summed E-state index contributed by atoms with van der Waals surface area (Å²) in [5.41, 5.74) is 2.28. The van der Waals surface area contributed by atoms with Crippen molar-refractivity contribution in [3.05, 3.63) is 39.9 Å². The predicted octanol–water partition coefficient (Wildman–Crippen LogP) is 3.94. The molecule has 0 aliphatic carbocycles. The lowest BCUT2D eigenvalue weighted by molar-refractivity contribution is -0.142. The van der Waals surface area contributed by atoms with Gasteiger partial charge in [-0.25, -0.2) is 4.98 Å². The Balaban J connectivity index is 1.82. The number of esters is 1. The van der Waals surface area contributed by atoms with Gasteiger partial charge >= 0.3 is 5.97 Å². The normalized spacial score (nSPS) is 10.5. The topological polar surface area (TPSA) is 68.3 Å². The van der Waals surface area contributed by atoms with Gasteiger partial charge in [-0.3, -0.25) is 9.59 Å². The number of hydrogen-bond acceptors (Lipinski definition) is 6. The minimum absolute atomic E-state index is 0.137. The summed E-state index contributed by atoms with van der Waals surface area (Å²) < 4.78 is 5.62. The lowest BCUT2D eigenvalue weighted by Crippen LogP contribution is -2.14. The van der Waals surface area contributed by atoms with Crippen LogP contribution in [0, 0.1) is 6.92 Å². The number of ether oxygens (including phenoxy) is 1. The van der Waals surface area contributed by atoms with Gasteiger partial charge in [0.25, 0.3) is 0 Å². The van der Waals surface area contributed by atoms with Crippen LogP contribution in [0.5, 0.6) is 0 Å². The second kappa shape index (κ2) is 9.05. The third-order valence-corrected chi connectivity index (χ3v) is 5.42. The van der Waals surface area contributed by atoms with Gasteiger partial charge < -0.3 is 10.1 Å². The molecule has 1 N–H and O–H groups in total. The first kappa shape index (κ1) is 18.8. The Kier molecular flexibility index (Phi) is 7.08. The monoisotopic (exact) mass is 384 g/mol. The summed E-state index contributed by atoms with van der Waals surface area (Å²) in [5, 5.41) is 5.21. The fourth-order valence-electron chi connectivity index (χ4n) is 1.79. The van der Waals surface area contributed by atoms with E-state index in [4.69, 9.17) is 16.3 Å². The van der Waals surface area contributed by atoms with E-state index in [0.29, 0.717) is 23.0 Å². The van der Waals surface area contributed by atoms with Crippen molar-refractivity contribution in [1.29, 1.82) is 0 Å². The molecule has 0 bridgehead atoms. The van der Waals surface area contributed by atoms with Gasteiger partial charge in [-0.15, -0.1) is 11.3 Å². The third-order valence-electron chi connectivity index (χ3n) is 2.94. The van der Waals surface area contributed by atoms with Crippen LogP contribution in [0.15, 0.2) is 27.9 Å². The molecule has 0 aliphatic heterocycles. The number of thiazole rings is 1. The van der Waals surface area contributed by atoms with Gasteiger partial charge in [0, 0.05) is 16.1 Å². The first-order valence-corrected chi connectivity index (χ1v) is 9.51. The largest absolute Gasteiger partial charge is 0.466 e. The summed E-state index contributed by atoms with van der Waals surface area (Å²) in [6, 6.07) is 5.39. The van der Waals surface area contributed by atoms with Gasteiger partial charge in [-0.2, -0.15) is 0 Å². The smallest absolute Gasteiger partial charge is 0.311 e. The average molecular weight is 385 g/mol. The van der Waals surface area contributed by atoms with E-state index in [-0.39, 0.29) is 24.1 Å². The molecule has 0 saturated heterocycles. The van der Waals surface area contributed by atoms with Crippen LogP contribution in [0.4, 0.5) is 5.69 Å². The van der Waals surface area contributed by atoms with Gasteiger partial charge in [-0.05, 0) is 31.5 Å². The standard InChI is InChI=1S/C16H17ClN2O3S2/c1-3-22-15(21)7-12-8-23-16(19-12)24-9-14(20)18-11-5-4-10(2)13(17)6-11/h4-6,8H,3,7,9H2,1-2H3,(H,18,20). The lowest BCUT2D eigenvalue weighted by Gasteiger charge is -2.06. The maximum atomic E-state index is 12.0. The number of anilines is 1. The molecule has 24 heavy (non-hydrogen) atoms. The van der Waals surface area contributed by atoms with E-state index in [0.717, 1.165) is 9.90 Å². The molecule has 5 nitrogen and oxygen atoms in total. The minimum Gasteiger partial charge on any atom is -0.466 e. The van der Waals surface area contributed by atoms with Gasteiger partial charge in [-0.1, -0.05) is 29.4 Å². The highest BCUT2D eigenvalue weighted by atomic mass is 35.5. The number of aryl methyl sites for hydroxylation is 1. The number of amides is 1. The maximum absolute atomic E-state index is 12.0. The Labute approximate surface area is 153 Å². The third kappa shape index (κ3) is 5.81. The van der Waals surface area contributed by atoms with Crippen molar-refractivity contribution in [2.24, 2.45) is 0 Å². The maximum Gasteiger partial charge on any atom is 0.311 e. The van der Waals surface area contributed by atoms with Crippen LogP contribution >= 0.6 is 34.7 Å². The van der Waals surface area contributed by atoms with Crippen LogP contribution in [-0.2, 0) is 20.7 Å². The van der Waals surface area contributed by atoms with Crippen molar-refractivity contribution >= 4 is 52.3 Å². The van der Waals surface area contributed by atoms with Gasteiger partial charge in [0.2, 0.25) is 5.91 Å². The highest BCUT2D eigenvalue weighted by Gasteiger charge is 2.11. The van der Waals surface area contributed by atoms with E-state index >= 15 is 0 Å². The van der Waals surface area contributed by atoms with Crippen molar-refractivity contribution in [1.82, 2.24) is 4.98 Å². The van der Waals surface area contributed by atoms with E-state index in [2.05, 4.69) is 10.3 Å². The van der Waals surface area contributed by atoms with Gasteiger partial charge in [0.05, 0.1) is 24.5 Å². The molecule has 0 radical (unpaired) electrons. The highest BCUT2D eigenvalue weighted by Crippen LogP contribution is 2.24. The summed E-state index contributed by atoms with van der Waals surface area (Å²) >= 11 is 8.77. The average Bonchev–Trinajstić information content (AvgIpc) is 2.96. The van der Waals surface area contributed by atoms with E-state index in [1.165, 1.54) is 23.1 Å². The number of carbonyl (C=O) groups is 2. The summed E-state index contributed by atoms with van der Waals surface area (Å²) in [6.45, 7) is 4.02. The van der Waals surface area contributed by atoms with Crippen molar-refractivity contribution in [2.75, 3.05) is 17.7 Å². The summed E-state index contributed by atoms with van der Waals surface area (Å²) in [7, 11) is 0. The van der Waals surface area contributed by atoms with Gasteiger partial charge in [0.1, 0.15) is 0 Å². The molecule has 0 atom stereocenters. The molecule has 0 aliphatic rings. The quantitative estimate of drug-likeness (QED) is 0.578. The van der Waals surface area contributed by atoms with E-state index in [1.807, 2.05) is 19.1 Å². The summed E-state index contributed by atoms with van der Waals surface area (Å²) in [5.74, 6) is -0.201. The molecule has 8 heteroatoms. The van der Waals surface area contributed by atoms with Crippen LogP contribution in [0.1, 0.15) is 18.2 Å². The Hall–Kier alpha value is -1.57. The zero-order valence-electron chi connectivity index (χ0n) is 13.3. The SMILES string of the molecule is CCOC(=O)Cc1csc(SCC(=O)Nc2ccc(C)c(Cl)c2)n1. The molecule has 0 fully saturated rings. The Morgan fingerprint density at radius 1 is 1.42 bits per heavy atom. The number of nitrogens with zero attached hydrogens (tertiary/aromatic N) is 1. The first-order valence-electron chi connectivity index (χ1n) is 7.26. The number of nitrogens with one attached hydrogen (secondary N) is 1. The number of hydrogen-bond donors (Lipinski definition) is 1. The predicted molar refractivity (Wildman–Crippen MR) is 98.0 cm³/mol. The van der Waals surface area contributed by atoms with Gasteiger partial charge in [0.15, 0.2) is 4.34 Å². The zero-order chi connectivity index (χ0) is 17.5. The fraction of sp³-hybridized carbons (Fsp3) is 0.312. The summed E-state index contributed by atoms with van der Waals surface area (Å²) in [6.07, 6.45) is 0.152. The van der Waals surface area contributed by atoms with Crippen LogP contribution in [-0.4, -0.2) is 29.2 Å². The second-order valence-corrected chi connectivity index (χ2v) is 7.38. The van der Waals surface area contributed by atoms with Crippen LogP contribution < -0.4 is 5.32 Å². The molecule has 128 valence electrons. The van der Waals surface area contributed by atoms with Crippen molar-refractivity contribution in [3.63, 3.8) is 0 Å². The van der Waals surface area contributed by atoms with E-state index in [9.17, 15) is 9.59 Å². The number of rotatable bonds is 7. The number of halogens is 1. The molecule has 2 aromatic rings. The summed E-state index contributed by atoms with van der Waals surface area (Å²) in [4.78, 5) is 27.7.